The predicted octanol–water partition coefficient (Wildman–Crippen LogP) is 1.74. The number of fused-ring (bicyclic) bond motifs is 1. The van der Waals surface area contributed by atoms with E-state index in [2.05, 4.69) is 21.7 Å². The second kappa shape index (κ2) is 8.12. The lowest BCUT2D eigenvalue weighted by Gasteiger charge is -2.47. The lowest BCUT2D eigenvalue weighted by atomic mass is 9.83. The van der Waals surface area contributed by atoms with Gasteiger partial charge in [-0.1, -0.05) is 6.07 Å². The molecule has 0 radical (unpaired) electrons. The number of thiophene rings is 1. The van der Waals surface area contributed by atoms with E-state index in [9.17, 15) is 9.59 Å². The summed E-state index contributed by atoms with van der Waals surface area (Å²) in [6, 6.07) is 4.45. The van der Waals surface area contributed by atoms with Crippen molar-refractivity contribution in [2.24, 2.45) is 5.92 Å². The first-order valence-corrected chi connectivity index (χ1v) is 9.81. The molecule has 0 aromatic carbocycles. The standard InChI is InChI=1S/C18H27N3O2S/c1-19-9-11-21-16-8-10-20(13-14(16)4-6-18(21)23)17(22)7-5-15-3-2-12-24-15/h2-3,12,14,16,19H,4-11,13H2,1H3/t14-,16+/m0/s1. The van der Waals surface area contributed by atoms with E-state index in [-0.39, 0.29) is 11.8 Å². The van der Waals surface area contributed by atoms with Gasteiger partial charge in [0.05, 0.1) is 0 Å². The number of likely N-dealkylation sites (N-methyl/N-ethyl adjacent to an activating group) is 1. The van der Waals surface area contributed by atoms with Gasteiger partial charge in [-0.3, -0.25) is 9.59 Å². The largest absolute Gasteiger partial charge is 0.342 e. The molecule has 2 aliphatic heterocycles. The van der Waals surface area contributed by atoms with E-state index < -0.39 is 0 Å². The van der Waals surface area contributed by atoms with Gasteiger partial charge in [-0.05, 0) is 43.7 Å². The normalized spacial score (nSPS) is 24.1. The third kappa shape index (κ3) is 3.98. The number of amides is 2. The molecule has 24 heavy (non-hydrogen) atoms. The topological polar surface area (TPSA) is 52.7 Å². The molecule has 0 saturated carbocycles. The highest BCUT2D eigenvalue weighted by Gasteiger charge is 2.39. The highest BCUT2D eigenvalue weighted by molar-refractivity contribution is 7.09. The first kappa shape index (κ1) is 17.4. The minimum atomic E-state index is 0.264. The third-order valence-electron chi connectivity index (χ3n) is 5.26. The summed E-state index contributed by atoms with van der Waals surface area (Å²) >= 11 is 1.72. The van der Waals surface area contributed by atoms with Crippen LogP contribution in [0, 0.1) is 5.92 Å². The number of rotatable bonds is 6. The number of nitrogens with zero attached hydrogens (tertiary/aromatic N) is 2. The van der Waals surface area contributed by atoms with Crippen LogP contribution in [0.25, 0.3) is 0 Å². The number of likely N-dealkylation sites (tertiary alicyclic amines) is 2. The molecule has 3 heterocycles. The zero-order valence-corrected chi connectivity index (χ0v) is 15.2. The molecule has 0 unspecified atom stereocenters. The van der Waals surface area contributed by atoms with Crippen LogP contribution in [0.2, 0.25) is 0 Å². The molecule has 2 amide bonds. The van der Waals surface area contributed by atoms with Gasteiger partial charge in [0.2, 0.25) is 11.8 Å². The zero-order chi connectivity index (χ0) is 16.9. The zero-order valence-electron chi connectivity index (χ0n) is 14.4. The Bertz CT molecular complexity index is 561. The highest BCUT2D eigenvalue weighted by Crippen LogP contribution is 2.31. The van der Waals surface area contributed by atoms with E-state index in [4.69, 9.17) is 0 Å². The Morgan fingerprint density at radius 2 is 2.29 bits per heavy atom. The maximum atomic E-state index is 12.5. The Morgan fingerprint density at radius 1 is 1.42 bits per heavy atom. The fourth-order valence-corrected chi connectivity index (χ4v) is 4.65. The number of aryl methyl sites for hydroxylation is 1. The average molecular weight is 350 g/mol. The summed E-state index contributed by atoms with van der Waals surface area (Å²) in [6.45, 7) is 3.21. The van der Waals surface area contributed by atoms with Crippen molar-refractivity contribution in [3.05, 3.63) is 22.4 Å². The van der Waals surface area contributed by atoms with Crippen molar-refractivity contribution < 1.29 is 9.59 Å². The van der Waals surface area contributed by atoms with E-state index in [0.29, 0.717) is 24.8 Å². The van der Waals surface area contributed by atoms with Crippen LogP contribution < -0.4 is 5.32 Å². The molecule has 5 nitrogen and oxygen atoms in total. The summed E-state index contributed by atoms with van der Waals surface area (Å²) in [5, 5.41) is 5.19. The Kier molecular flexibility index (Phi) is 5.89. The minimum Gasteiger partial charge on any atom is -0.342 e. The molecule has 2 fully saturated rings. The van der Waals surface area contributed by atoms with E-state index in [0.717, 1.165) is 45.4 Å². The fourth-order valence-electron chi connectivity index (χ4n) is 3.94. The smallest absolute Gasteiger partial charge is 0.222 e. The lowest BCUT2D eigenvalue weighted by Crippen LogP contribution is -2.57. The maximum absolute atomic E-state index is 12.5. The molecule has 2 saturated heterocycles. The molecular formula is C18H27N3O2S. The minimum absolute atomic E-state index is 0.264. The molecule has 0 bridgehead atoms. The quantitative estimate of drug-likeness (QED) is 0.851. The molecule has 1 aromatic rings. The number of carbonyl (C=O) groups excluding carboxylic acids is 2. The van der Waals surface area contributed by atoms with Crippen molar-refractivity contribution in [2.45, 2.75) is 38.1 Å². The van der Waals surface area contributed by atoms with Crippen molar-refractivity contribution in [3.63, 3.8) is 0 Å². The van der Waals surface area contributed by atoms with Crippen molar-refractivity contribution in [2.75, 3.05) is 33.2 Å². The number of nitrogens with one attached hydrogen (secondary N) is 1. The lowest BCUT2D eigenvalue weighted by molar-refractivity contribution is -0.144. The van der Waals surface area contributed by atoms with Crippen LogP contribution in [-0.4, -0.2) is 60.9 Å². The molecule has 0 aliphatic carbocycles. The van der Waals surface area contributed by atoms with Gasteiger partial charge in [0.15, 0.2) is 0 Å². The van der Waals surface area contributed by atoms with E-state index in [1.54, 1.807) is 11.3 Å². The summed E-state index contributed by atoms with van der Waals surface area (Å²) in [5.74, 6) is 0.989. The van der Waals surface area contributed by atoms with Crippen LogP contribution in [0.1, 0.15) is 30.6 Å². The fraction of sp³-hybridized carbons (Fsp3) is 0.667. The molecule has 2 aliphatic rings. The van der Waals surface area contributed by atoms with E-state index in [1.165, 1.54) is 4.88 Å². The van der Waals surface area contributed by atoms with Gasteiger partial charge in [-0.2, -0.15) is 0 Å². The Balaban J connectivity index is 1.54. The monoisotopic (exact) mass is 349 g/mol. The van der Waals surface area contributed by atoms with E-state index in [1.807, 2.05) is 18.0 Å². The molecule has 6 heteroatoms. The Morgan fingerprint density at radius 3 is 3.04 bits per heavy atom. The first-order chi connectivity index (χ1) is 11.7. The predicted molar refractivity (Wildman–Crippen MR) is 96.0 cm³/mol. The van der Waals surface area contributed by atoms with Crippen LogP contribution in [0.15, 0.2) is 17.5 Å². The van der Waals surface area contributed by atoms with Crippen molar-refractivity contribution >= 4 is 23.2 Å². The molecule has 132 valence electrons. The van der Waals surface area contributed by atoms with Crippen LogP contribution in [0.3, 0.4) is 0 Å². The van der Waals surface area contributed by atoms with Crippen LogP contribution >= 0.6 is 11.3 Å². The Labute approximate surface area is 148 Å². The maximum Gasteiger partial charge on any atom is 0.222 e. The van der Waals surface area contributed by atoms with Crippen molar-refractivity contribution in [1.82, 2.24) is 15.1 Å². The van der Waals surface area contributed by atoms with Gasteiger partial charge in [-0.25, -0.2) is 0 Å². The summed E-state index contributed by atoms with van der Waals surface area (Å²) in [4.78, 5) is 30.1. The summed E-state index contributed by atoms with van der Waals surface area (Å²) < 4.78 is 0. The Hall–Kier alpha value is -1.40. The average Bonchev–Trinajstić information content (AvgIpc) is 3.12. The summed E-state index contributed by atoms with van der Waals surface area (Å²) in [5.41, 5.74) is 0. The summed E-state index contributed by atoms with van der Waals surface area (Å²) in [6.07, 6.45) is 3.91. The van der Waals surface area contributed by atoms with Crippen molar-refractivity contribution in [1.29, 1.82) is 0 Å². The second-order valence-corrected chi connectivity index (χ2v) is 7.80. The van der Waals surface area contributed by atoms with Gasteiger partial charge in [0.25, 0.3) is 0 Å². The first-order valence-electron chi connectivity index (χ1n) is 8.93. The van der Waals surface area contributed by atoms with Gasteiger partial charge >= 0.3 is 0 Å². The van der Waals surface area contributed by atoms with E-state index >= 15 is 0 Å². The van der Waals surface area contributed by atoms with Crippen LogP contribution in [0.4, 0.5) is 0 Å². The number of hydrogen-bond acceptors (Lipinski definition) is 4. The molecule has 1 aromatic heterocycles. The molecular weight excluding hydrogens is 322 g/mol. The van der Waals surface area contributed by atoms with Crippen LogP contribution in [0.5, 0.6) is 0 Å². The van der Waals surface area contributed by atoms with Gasteiger partial charge in [0, 0.05) is 49.9 Å². The van der Waals surface area contributed by atoms with Gasteiger partial charge in [0.1, 0.15) is 0 Å². The highest BCUT2D eigenvalue weighted by atomic mass is 32.1. The van der Waals surface area contributed by atoms with Gasteiger partial charge in [-0.15, -0.1) is 11.3 Å². The number of carbonyl (C=O) groups is 2. The van der Waals surface area contributed by atoms with Gasteiger partial charge < -0.3 is 15.1 Å². The molecule has 1 N–H and O–H groups in total. The molecule has 0 spiro atoms. The summed E-state index contributed by atoms with van der Waals surface area (Å²) in [7, 11) is 1.92. The number of hydrogen-bond donors (Lipinski definition) is 1. The second-order valence-electron chi connectivity index (χ2n) is 6.76. The SMILES string of the molecule is CNCCN1C(=O)CC[C@H]2CN(C(=O)CCc3cccs3)CC[C@H]21. The van der Waals surface area contributed by atoms with Crippen molar-refractivity contribution in [3.8, 4) is 0 Å². The molecule has 3 rings (SSSR count). The number of piperidine rings is 2. The third-order valence-corrected chi connectivity index (χ3v) is 6.20. The van der Waals surface area contributed by atoms with Crippen LogP contribution in [-0.2, 0) is 16.0 Å². The molecule has 2 atom stereocenters.